The lowest BCUT2D eigenvalue weighted by Crippen LogP contribution is -2.46. The smallest absolute Gasteiger partial charge is 0.243 e. The van der Waals surface area contributed by atoms with Crippen LogP contribution in [0.4, 0.5) is 23.3 Å². The summed E-state index contributed by atoms with van der Waals surface area (Å²) in [6.45, 7) is 12.3. The summed E-state index contributed by atoms with van der Waals surface area (Å²) >= 11 is 6.37. The fraction of sp³-hybridized carbons (Fsp3) is 0.455. The minimum Gasteiger partial charge on any atom is -0.354 e. The Kier molecular flexibility index (Phi) is 7.06. The van der Waals surface area contributed by atoms with Crippen molar-refractivity contribution in [2.75, 3.05) is 60.9 Å². The van der Waals surface area contributed by atoms with Gasteiger partial charge in [-0.3, -0.25) is 4.79 Å². The Morgan fingerprint density at radius 1 is 1.19 bits per heavy atom. The molecule has 32 heavy (non-hydrogen) atoms. The molecule has 2 N–H and O–H groups in total. The van der Waals surface area contributed by atoms with Crippen molar-refractivity contribution in [3.63, 3.8) is 0 Å². The number of piperazine rings is 1. The number of rotatable bonds is 7. The van der Waals surface area contributed by atoms with Gasteiger partial charge in [0.2, 0.25) is 11.9 Å². The van der Waals surface area contributed by atoms with Gasteiger partial charge in [0.1, 0.15) is 10.8 Å². The summed E-state index contributed by atoms with van der Waals surface area (Å²) in [5.74, 6) is 1.91. The van der Waals surface area contributed by atoms with Gasteiger partial charge in [0.15, 0.2) is 5.82 Å². The second-order valence-electron chi connectivity index (χ2n) is 7.96. The van der Waals surface area contributed by atoms with Gasteiger partial charge in [0.25, 0.3) is 0 Å². The predicted molar refractivity (Wildman–Crippen MR) is 128 cm³/mol. The Bertz CT molecular complexity index is 945. The molecule has 2 aromatic heterocycles. The van der Waals surface area contributed by atoms with Gasteiger partial charge < -0.3 is 25.3 Å². The Labute approximate surface area is 193 Å². The lowest BCUT2D eigenvalue weighted by molar-refractivity contribution is -0.117. The van der Waals surface area contributed by atoms with E-state index in [1.807, 2.05) is 12.1 Å². The van der Waals surface area contributed by atoms with Gasteiger partial charge in [0.05, 0.1) is 18.1 Å². The van der Waals surface area contributed by atoms with E-state index in [0.29, 0.717) is 23.3 Å². The Hall–Kier alpha value is -2.91. The molecule has 0 radical (unpaired) electrons. The van der Waals surface area contributed by atoms with E-state index >= 15 is 0 Å². The van der Waals surface area contributed by atoms with Gasteiger partial charge >= 0.3 is 0 Å². The summed E-state index contributed by atoms with van der Waals surface area (Å²) < 4.78 is 0. The fourth-order valence-corrected chi connectivity index (χ4v) is 4.25. The lowest BCUT2D eigenvalue weighted by Gasteiger charge is -2.34. The maximum atomic E-state index is 11.6. The molecule has 0 unspecified atom stereocenters. The second kappa shape index (κ2) is 10.1. The van der Waals surface area contributed by atoms with Gasteiger partial charge in [-0.15, -0.1) is 0 Å². The third kappa shape index (κ3) is 5.28. The first kappa shape index (κ1) is 22.3. The second-order valence-corrected chi connectivity index (χ2v) is 8.37. The van der Waals surface area contributed by atoms with Crippen LogP contribution in [0.2, 0.25) is 5.02 Å². The molecular weight excluding hydrogens is 428 g/mol. The van der Waals surface area contributed by atoms with Crippen molar-refractivity contribution in [2.45, 2.75) is 19.4 Å². The highest BCUT2D eigenvalue weighted by Crippen LogP contribution is 2.28. The molecule has 0 spiro atoms. The molecule has 2 fully saturated rings. The SMILES string of the molecule is C=CC(=O)N[C@@H]1CCN(c2nc(Nc3ccc(N4CCN(CC)CC4)nc3)ncc2Cl)C1. The first-order valence-electron chi connectivity index (χ1n) is 11.0. The average Bonchev–Trinajstić information content (AvgIpc) is 3.29. The van der Waals surface area contributed by atoms with Gasteiger partial charge in [-0.2, -0.15) is 4.98 Å². The molecule has 2 saturated heterocycles. The van der Waals surface area contributed by atoms with Gasteiger partial charge in [-0.25, -0.2) is 9.97 Å². The van der Waals surface area contributed by atoms with Crippen LogP contribution in [0.15, 0.2) is 37.2 Å². The largest absolute Gasteiger partial charge is 0.354 e. The highest BCUT2D eigenvalue weighted by atomic mass is 35.5. The number of pyridine rings is 1. The molecule has 0 bridgehead atoms. The number of amides is 1. The molecule has 9 nitrogen and oxygen atoms in total. The monoisotopic (exact) mass is 456 g/mol. The first-order valence-corrected chi connectivity index (χ1v) is 11.3. The van der Waals surface area contributed by atoms with E-state index < -0.39 is 0 Å². The number of anilines is 4. The molecule has 0 aliphatic carbocycles. The number of hydrogen-bond acceptors (Lipinski definition) is 8. The molecule has 170 valence electrons. The van der Waals surface area contributed by atoms with E-state index in [1.54, 1.807) is 12.4 Å². The van der Waals surface area contributed by atoms with E-state index in [4.69, 9.17) is 11.6 Å². The lowest BCUT2D eigenvalue weighted by atomic mass is 10.2. The van der Waals surface area contributed by atoms with Crippen molar-refractivity contribution in [1.82, 2.24) is 25.2 Å². The minimum absolute atomic E-state index is 0.0406. The Morgan fingerprint density at radius 3 is 2.69 bits per heavy atom. The molecule has 10 heteroatoms. The van der Waals surface area contributed by atoms with E-state index in [1.165, 1.54) is 6.08 Å². The van der Waals surface area contributed by atoms with Crippen molar-refractivity contribution >= 4 is 40.8 Å². The highest BCUT2D eigenvalue weighted by molar-refractivity contribution is 6.32. The molecule has 4 rings (SSSR count). The van der Waals surface area contributed by atoms with Crippen LogP contribution in [0.5, 0.6) is 0 Å². The van der Waals surface area contributed by atoms with Crippen molar-refractivity contribution in [1.29, 1.82) is 0 Å². The molecule has 2 aliphatic rings. The topological polar surface area (TPSA) is 89.5 Å². The van der Waals surface area contributed by atoms with Gasteiger partial charge in [-0.1, -0.05) is 25.1 Å². The van der Waals surface area contributed by atoms with E-state index in [0.717, 1.165) is 57.2 Å². The zero-order chi connectivity index (χ0) is 22.5. The van der Waals surface area contributed by atoms with E-state index in [2.05, 4.69) is 53.8 Å². The molecule has 0 aromatic carbocycles. The Morgan fingerprint density at radius 2 is 2.00 bits per heavy atom. The number of hydrogen-bond donors (Lipinski definition) is 2. The normalized spacial score (nSPS) is 19.1. The van der Waals surface area contributed by atoms with Crippen molar-refractivity contribution in [2.24, 2.45) is 0 Å². The number of likely N-dealkylation sites (N-methyl/N-ethyl adjacent to an activating group) is 1. The third-order valence-corrected chi connectivity index (χ3v) is 6.16. The van der Waals surface area contributed by atoms with Crippen LogP contribution in [-0.4, -0.2) is 77.6 Å². The van der Waals surface area contributed by atoms with Crippen LogP contribution >= 0.6 is 11.6 Å². The maximum Gasteiger partial charge on any atom is 0.243 e. The molecule has 1 amide bonds. The molecule has 2 aliphatic heterocycles. The number of nitrogens with zero attached hydrogens (tertiary/aromatic N) is 6. The summed E-state index contributed by atoms with van der Waals surface area (Å²) in [5.41, 5.74) is 0.812. The minimum atomic E-state index is -0.170. The van der Waals surface area contributed by atoms with Crippen LogP contribution < -0.4 is 20.4 Å². The van der Waals surface area contributed by atoms with E-state index in [-0.39, 0.29) is 11.9 Å². The van der Waals surface area contributed by atoms with E-state index in [9.17, 15) is 4.79 Å². The summed E-state index contributed by atoms with van der Waals surface area (Å²) in [5, 5.41) is 6.62. The molecule has 0 saturated carbocycles. The Balaban J connectivity index is 1.39. The van der Waals surface area contributed by atoms with Crippen LogP contribution in [-0.2, 0) is 4.79 Å². The summed E-state index contributed by atoms with van der Waals surface area (Å²) in [7, 11) is 0. The maximum absolute atomic E-state index is 11.6. The van der Waals surface area contributed by atoms with Crippen molar-refractivity contribution in [3.05, 3.63) is 42.2 Å². The predicted octanol–water partition coefficient (Wildman–Crippen LogP) is 2.29. The van der Waals surface area contributed by atoms with Gasteiger partial charge in [-0.05, 0) is 31.2 Å². The zero-order valence-electron chi connectivity index (χ0n) is 18.3. The number of carbonyl (C=O) groups excluding carboxylic acids is 1. The third-order valence-electron chi connectivity index (χ3n) is 5.89. The highest BCUT2D eigenvalue weighted by Gasteiger charge is 2.26. The summed E-state index contributed by atoms with van der Waals surface area (Å²) in [6, 6.07) is 4.05. The van der Waals surface area contributed by atoms with Gasteiger partial charge in [0, 0.05) is 45.3 Å². The number of nitrogens with one attached hydrogen (secondary N) is 2. The fourth-order valence-electron chi connectivity index (χ4n) is 4.04. The van der Waals surface area contributed by atoms with Crippen LogP contribution in [0.3, 0.4) is 0 Å². The standard InChI is InChI=1S/C22H29ClN8O/c1-3-20(32)26-17-7-8-31(15-17)21-18(23)14-25-22(28-21)27-16-5-6-19(24-13-16)30-11-9-29(4-2)10-12-30/h3,5-6,13-14,17H,1,4,7-12,15H2,2H3,(H,26,32)(H,25,27,28)/t17-/m1/s1. The molecule has 1 atom stereocenters. The average molecular weight is 457 g/mol. The van der Waals surface area contributed by atoms with Crippen LogP contribution in [0.1, 0.15) is 13.3 Å². The quantitative estimate of drug-likeness (QED) is 0.613. The number of halogens is 1. The zero-order valence-corrected chi connectivity index (χ0v) is 19.1. The number of aromatic nitrogens is 3. The van der Waals surface area contributed by atoms with Crippen molar-refractivity contribution in [3.8, 4) is 0 Å². The molecule has 4 heterocycles. The molecule has 2 aromatic rings. The van der Waals surface area contributed by atoms with Crippen LogP contribution in [0, 0.1) is 0 Å². The van der Waals surface area contributed by atoms with Crippen LogP contribution in [0.25, 0.3) is 0 Å². The number of carbonyl (C=O) groups is 1. The summed E-state index contributed by atoms with van der Waals surface area (Å²) in [4.78, 5) is 31.9. The summed E-state index contributed by atoms with van der Waals surface area (Å²) in [6.07, 6.45) is 5.50. The first-order chi connectivity index (χ1) is 15.6. The molecular formula is C22H29ClN8O. The van der Waals surface area contributed by atoms with Crippen molar-refractivity contribution < 1.29 is 4.79 Å².